The molecule has 228 valence electrons. The molecule has 8 heteroatoms. The first kappa shape index (κ1) is 30.3. The molecule has 0 heterocycles. The van der Waals surface area contributed by atoms with Gasteiger partial charge in [0.1, 0.15) is 5.75 Å². The summed E-state index contributed by atoms with van der Waals surface area (Å²) in [6.07, 6.45) is 5.98. The number of hydrogen-bond donors (Lipinski definition) is 5. The lowest BCUT2D eigenvalue weighted by Crippen LogP contribution is -2.62. The zero-order chi connectivity index (χ0) is 29.7. The van der Waals surface area contributed by atoms with Gasteiger partial charge in [-0.05, 0) is 116 Å². The first-order chi connectivity index (χ1) is 19.4. The Balaban J connectivity index is 1.26. The van der Waals surface area contributed by atoms with Crippen LogP contribution in [0.1, 0.15) is 85.5 Å². The Morgan fingerprint density at radius 2 is 1.80 bits per heavy atom. The number of aliphatic hydroxyl groups is 3. The van der Waals surface area contributed by atoms with Crippen molar-refractivity contribution in [3.05, 3.63) is 18.2 Å². The second-order valence-corrected chi connectivity index (χ2v) is 14.2. The van der Waals surface area contributed by atoms with Gasteiger partial charge in [0.2, 0.25) is 11.8 Å². The molecule has 4 fully saturated rings. The van der Waals surface area contributed by atoms with Gasteiger partial charge in [-0.15, -0.1) is 0 Å². The summed E-state index contributed by atoms with van der Waals surface area (Å²) in [5, 5.41) is 39.3. The molecule has 0 radical (unpaired) electrons. The van der Waals surface area contributed by atoms with E-state index in [1.807, 2.05) is 0 Å². The molecule has 41 heavy (non-hydrogen) atoms. The highest BCUT2D eigenvalue weighted by Crippen LogP contribution is 2.68. The minimum atomic E-state index is -0.437. The van der Waals surface area contributed by atoms with Crippen LogP contribution < -0.4 is 15.4 Å². The maximum absolute atomic E-state index is 13.0. The standard InChI is InChI=1S/C33H50N2O6/c1-18(6-11-30(40)35-26-16-21(34-19(2)36)7-10-28(26)41-5)23-8-9-24-31-25(17-29(39)33(23,24)4)32(3)13-12-22(37)14-20(32)15-27(31)38/h7,10,16,18,20,22-25,27,29,31,37-39H,6,8-9,11-15,17H2,1-5H3,(H,34,36)(H,35,40)/t18-,20-,22-,23+,24-,25-,27-,29+,31+,32+,33-/m1/s1. The summed E-state index contributed by atoms with van der Waals surface area (Å²) in [6.45, 7) is 8.25. The Bertz CT molecular complexity index is 1140. The quantitative estimate of drug-likeness (QED) is 0.315. The van der Waals surface area contributed by atoms with E-state index < -0.39 is 6.10 Å². The normalized spacial score (nSPS) is 40.5. The molecule has 0 aromatic heterocycles. The van der Waals surface area contributed by atoms with Crippen molar-refractivity contribution in [3.8, 4) is 5.75 Å². The van der Waals surface area contributed by atoms with Crippen LogP contribution in [0.2, 0.25) is 0 Å². The van der Waals surface area contributed by atoms with E-state index in [0.29, 0.717) is 42.3 Å². The number of carbonyl (C=O) groups is 2. The number of hydrogen-bond acceptors (Lipinski definition) is 6. The van der Waals surface area contributed by atoms with Crippen molar-refractivity contribution in [2.45, 2.75) is 104 Å². The predicted octanol–water partition coefficient (Wildman–Crippen LogP) is 4.97. The molecule has 0 unspecified atom stereocenters. The topological polar surface area (TPSA) is 128 Å². The number of benzene rings is 1. The fourth-order valence-electron chi connectivity index (χ4n) is 9.99. The van der Waals surface area contributed by atoms with Crippen LogP contribution in [-0.4, -0.2) is 52.6 Å². The van der Waals surface area contributed by atoms with Crippen LogP contribution in [0.4, 0.5) is 11.4 Å². The highest BCUT2D eigenvalue weighted by Gasteiger charge is 2.65. The van der Waals surface area contributed by atoms with Gasteiger partial charge in [-0.2, -0.15) is 0 Å². The van der Waals surface area contributed by atoms with Gasteiger partial charge in [0, 0.05) is 19.0 Å². The molecule has 4 aliphatic rings. The number of rotatable bonds is 7. The monoisotopic (exact) mass is 570 g/mol. The number of methoxy groups -OCH3 is 1. The average molecular weight is 571 g/mol. The summed E-state index contributed by atoms with van der Waals surface area (Å²) in [5.74, 6) is 1.78. The Morgan fingerprint density at radius 1 is 1.05 bits per heavy atom. The van der Waals surface area contributed by atoms with Crippen LogP contribution >= 0.6 is 0 Å². The van der Waals surface area contributed by atoms with E-state index >= 15 is 0 Å². The van der Waals surface area contributed by atoms with Crippen LogP contribution in [0.25, 0.3) is 0 Å². The minimum Gasteiger partial charge on any atom is -0.495 e. The molecule has 8 nitrogen and oxygen atoms in total. The number of anilines is 2. The molecule has 2 amide bonds. The summed E-state index contributed by atoms with van der Waals surface area (Å²) in [6, 6.07) is 5.15. The number of carbonyl (C=O) groups excluding carboxylic acids is 2. The molecule has 1 aromatic rings. The van der Waals surface area contributed by atoms with E-state index in [2.05, 4.69) is 31.4 Å². The van der Waals surface area contributed by atoms with Gasteiger partial charge in [-0.25, -0.2) is 0 Å². The van der Waals surface area contributed by atoms with Crippen LogP contribution in [0.5, 0.6) is 5.75 Å². The van der Waals surface area contributed by atoms with E-state index in [9.17, 15) is 24.9 Å². The van der Waals surface area contributed by atoms with Crippen molar-refractivity contribution in [1.29, 1.82) is 0 Å². The van der Waals surface area contributed by atoms with Crippen molar-refractivity contribution < 1.29 is 29.6 Å². The van der Waals surface area contributed by atoms with E-state index in [1.165, 1.54) is 6.92 Å². The molecular weight excluding hydrogens is 520 g/mol. The maximum Gasteiger partial charge on any atom is 0.224 e. The molecule has 0 aliphatic heterocycles. The van der Waals surface area contributed by atoms with Crippen molar-refractivity contribution >= 4 is 23.2 Å². The molecule has 0 bridgehead atoms. The van der Waals surface area contributed by atoms with E-state index in [4.69, 9.17) is 4.74 Å². The highest BCUT2D eigenvalue weighted by molar-refractivity contribution is 5.94. The Morgan fingerprint density at radius 3 is 2.51 bits per heavy atom. The fourth-order valence-corrected chi connectivity index (χ4v) is 9.99. The summed E-state index contributed by atoms with van der Waals surface area (Å²) in [4.78, 5) is 24.5. The van der Waals surface area contributed by atoms with Crippen molar-refractivity contribution in [1.82, 2.24) is 0 Å². The lowest BCUT2D eigenvalue weighted by atomic mass is 9.43. The Labute approximate surface area is 244 Å². The Kier molecular flexibility index (Phi) is 8.50. The molecule has 0 saturated heterocycles. The van der Waals surface area contributed by atoms with Gasteiger partial charge in [0.15, 0.2) is 0 Å². The summed E-state index contributed by atoms with van der Waals surface area (Å²) >= 11 is 0. The molecule has 4 aliphatic carbocycles. The van der Waals surface area contributed by atoms with Gasteiger partial charge in [-0.1, -0.05) is 20.8 Å². The van der Waals surface area contributed by atoms with Crippen molar-refractivity contribution in [2.75, 3.05) is 17.7 Å². The third-order valence-corrected chi connectivity index (χ3v) is 12.1. The van der Waals surface area contributed by atoms with Crippen molar-refractivity contribution in [2.24, 2.45) is 46.3 Å². The Hall–Kier alpha value is -2.16. The van der Waals surface area contributed by atoms with E-state index in [1.54, 1.807) is 25.3 Å². The average Bonchev–Trinajstić information content (AvgIpc) is 3.27. The van der Waals surface area contributed by atoms with E-state index in [0.717, 1.165) is 38.5 Å². The summed E-state index contributed by atoms with van der Waals surface area (Å²) in [7, 11) is 1.55. The second kappa shape index (κ2) is 11.5. The number of amides is 2. The van der Waals surface area contributed by atoms with Gasteiger partial charge in [0.25, 0.3) is 0 Å². The van der Waals surface area contributed by atoms with Crippen molar-refractivity contribution in [3.63, 3.8) is 0 Å². The van der Waals surface area contributed by atoms with Crippen LogP contribution in [0, 0.1) is 46.3 Å². The molecule has 5 N–H and O–H groups in total. The predicted molar refractivity (Wildman–Crippen MR) is 158 cm³/mol. The highest BCUT2D eigenvalue weighted by atomic mass is 16.5. The minimum absolute atomic E-state index is 0.0610. The smallest absolute Gasteiger partial charge is 0.224 e. The second-order valence-electron chi connectivity index (χ2n) is 14.2. The molecular formula is C33H50N2O6. The number of nitrogens with one attached hydrogen (secondary N) is 2. The van der Waals surface area contributed by atoms with Gasteiger partial charge < -0.3 is 30.7 Å². The van der Waals surface area contributed by atoms with Gasteiger partial charge in [0.05, 0.1) is 31.1 Å². The summed E-state index contributed by atoms with van der Waals surface area (Å²) < 4.78 is 5.41. The van der Waals surface area contributed by atoms with E-state index in [-0.39, 0.29) is 64.4 Å². The van der Waals surface area contributed by atoms with Gasteiger partial charge >= 0.3 is 0 Å². The number of fused-ring (bicyclic) bond motifs is 5. The largest absolute Gasteiger partial charge is 0.495 e. The zero-order valence-corrected chi connectivity index (χ0v) is 25.4. The first-order valence-corrected chi connectivity index (χ1v) is 15.7. The first-order valence-electron chi connectivity index (χ1n) is 15.7. The molecule has 0 spiro atoms. The fraction of sp³-hybridized carbons (Fsp3) is 0.758. The van der Waals surface area contributed by atoms with Crippen LogP contribution in [-0.2, 0) is 9.59 Å². The SMILES string of the molecule is COc1ccc(NC(C)=O)cc1NC(=O)CC[C@@H](C)[C@@H]1CC[C@@H]2[C@@H]3[C@H](O)C[C@H]4C[C@H](O)CC[C@]4(C)[C@@H]3C[C@H](O)[C@@]21C. The zero-order valence-electron chi connectivity index (χ0n) is 25.4. The van der Waals surface area contributed by atoms with Gasteiger partial charge in [-0.3, -0.25) is 9.59 Å². The van der Waals surface area contributed by atoms with Crippen LogP contribution in [0.3, 0.4) is 0 Å². The molecule has 11 atom stereocenters. The number of ether oxygens (including phenoxy) is 1. The summed E-state index contributed by atoms with van der Waals surface area (Å²) in [5.41, 5.74) is 0.883. The van der Waals surface area contributed by atoms with Crippen LogP contribution in [0.15, 0.2) is 18.2 Å². The third-order valence-electron chi connectivity index (χ3n) is 12.1. The third kappa shape index (κ3) is 5.40. The maximum atomic E-state index is 13.0. The number of aliphatic hydroxyl groups excluding tert-OH is 3. The molecule has 1 aromatic carbocycles. The lowest BCUT2D eigenvalue weighted by Gasteiger charge is -2.63. The lowest BCUT2D eigenvalue weighted by molar-refractivity contribution is -0.207. The molecule has 5 rings (SSSR count). The molecule has 4 saturated carbocycles.